The van der Waals surface area contributed by atoms with Gasteiger partial charge in [-0.15, -0.1) is 0 Å². The van der Waals surface area contributed by atoms with Crippen molar-refractivity contribution in [2.45, 2.75) is 20.4 Å². The molecule has 4 N–H and O–H groups in total. The van der Waals surface area contributed by atoms with Gasteiger partial charge in [0.2, 0.25) is 5.96 Å². The van der Waals surface area contributed by atoms with Crippen molar-refractivity contribution in [2.75, 3.05) is 13.1 Å². The molecule has 18 heavy (non-hydrogen) atoms. The molecule has 0 aliphatic rings. The maximum atomic E-state index is 5.82. The van der Waals surface area contributed by atoms with Crippen molar-refractivity contribution in [3.05, 3.63) is 35.9 Å². The highest BCUT2D eigenvalue weighted by Gasteiger charge is 2.02. The topological polar surface area (TPSA) is 80.0 Å². The summed E-state index contributed by atoms with van der Waals surface area (Å²) in [6.45, 7) is 6.16. The molecule has 0 saturated heterocycles. The Labute approximate surface area is 108 Å². The van der Waals surface area contributed by atoms with Crippen LogP contribution in [0.2, 0.25) is 0 Å². The van der Waals surface area contributed by atoms with E-state index in [-0.39, 0.29) is 5.96 Å². The molecule has 1 aromatic carbocycles. The number of rotatable bonds is 4. The van der Waals surface area contributed by atoms with Gasteiger partial charge in [0, 0.05) is 13.1 Å². The first kappa shape index (κ1) is 14.0. The zero-order valence-corrected chi connectivity index (χ0v) is 11.0. The number of benzene rings is 1. The van der Waals surface area contributed by atoms with E-state index in [0.29, 0.717) is 12.5 Å². The predicted molar refractivity (Wildman–Crippen MR) is 76.3 cm³/mol. The van der Waals surface area contributed by atoms with Crippen molar-refractivity contribution < 1.29 is 0 Å². The molecular formula is C13H21N5. The number of guanidine groups is 2. The van der Waals surface area contributed by atoms with E-state index in [1.165, 1.54) is 0 Å². The summed E-state index contributed by atoms with van der Waals surface area (Å²) in [5, 5.41) is 0. The van der Waals surface area contributed by atoms with E-state index in [2.05, 4.69) is 9.98 Å². The van der Waals surface area contributed by atoms with Gasteiger partial charge in [-0.2, -0.15) is 4.99 Å². The lowest BCUT2D eigenvalue weighted by Gasteiger charge is -2.18. The molecule has 0 bridgehead atoms. The Bertz CT molecular complexity index is 407. The van der Waals surface area contributed by atoms with Crippen molar-refractivity contribution in [1.82, 2.24) is 4.90 Å². The van der Waals surface area contributed by atoms with Crippen molar-refractivity contribution in [1.29, 1.82) is 0 Å². The van der Waals surface area contributed by atoms with Crippen LogP contribution in [-0.4, -0.2) is 29.9 Å². The molecule has 0 heterocycles. The van der Waals surface area contributed by atoms with E-state index in [9.17, 15) is 0 Å². The van der Waals surface area contributed by atoms with Gasteiger partial charge in [0.15, 0.2) is 5.96 Å². The fourth-order valence-electron chi connectivity index (χ4n) is 1.53. The molecule has 0 aliphatic heterocycles. The number of nitrogens with two attached hydrogens (primary N) is 2. The smallest absolute Gasteiger partial charge is 0.218 e. The van der Waals surface area contributed by atoms with Gasteiger partial charge in [0.05, 0.1) is 6.54 Å². The van der Waals surface area contributed by atoms with Crippen LogP contribution < -0.4 is 11.5 Å². The lowest BCUT2D eigenvalue weighted by Crippen LogP contribution is -2.38. The second-order valence-corrected chi connectivity index (χ2v) is 3.80. The summed E-state index contributed by atoms with van der Waals surface area (Å²) in [4.78, 5) is 10.2. The number of hydrogen-bond acceptors (Lipinski definition) is 1. The van der Waals surface area contributed by atoms with Crippen LogP contribution in [0.3, 0.4) is 0 Å². The lowest BCUT2D eigenvalue weighted by atomic mass is 10.2. The monoisotopic (exact) mass is 247 g/mol. The molecule has 0 saturated carbocycles. The summed E-state index contributed by atoms with van der Waals surface area (Å²) in [7, 11) is 0. The van der Waals surface area contributed by atoms with Crippen LogP contribution in [0.5, 0.6) is 0 Å². The first-order valence-electron chi connectivity index (χ1n) is 6.10. The van der Waals surface area contributed by atoms with Crippen LogP contribution in [0.25, 0.3) is 0 Å². The van der Waals surface area contributed by atoms with Crippen molar-refractivity contribution in [3.63, 3.8) is 0 Å². The van der Waals surface area contributed by atoms with E-state index in [1.54, 1.807) is 0 Å². The van der Waals surface area contributed by atoms with E-state index in [4.69, 9.17) is 11.5 Å². The van der Waals surface area contributed by atoms with Gasteiger partial charge in [-0.1, -0.05) is 30.3 Å². The molecule has 0 radical (unpaired) electrons. The zero-order chi connectivity index (χ0) is 13.4. The van der Waals surface area contributed by atoms with Gasteiger partial charge < -0.3 is 16.4 Å². The fraction of sp³-hybridized carbons (Fsp3) is 0.385. The first-order chi connectivity index (χ1) is 8.67. The summed E-state index contributed by atoms with van der Waals surface area (Å²) in [5.74, 6) is 0.623. The normalized spacial score (nSPS) is 12.6. The molecule has 0 spiro atoms. The minimum absolute atomic E-state index is 0.211. The van der Waals surface area contributed by atoms with Crippen LogP contribution in [0.15, 0.2) is 40.3 Å². The number of nitrogens with zero attached hydrogens (tertiary/aromatic N) is 3. The minimum Gasteiger partial charge on any atom is -0.369 e. The van der Waals surface area contributed by atoms with Crippen LogP contribution in [0.1, 0.15) is 19.4 Å². The summed E-state index contributed by atoms with van der Waals surface area (Å²) in [5.41, 5.74) is 12.6. The van der Waals surface area contributed by atoms with Gasteiger partial charge in [-0.3, -0.25) is 0 Å². The van der Waals surface area contributed by atoms with Gasteiger partial charge in [0.25, 0.3) is 0 Å². The third-order valence-corrected chi connectivity index (χ3v) is 2.58. The SMILES string of the molecule is CCN(CC)C(N)=NC(N)=NCc1ccccc1. The van der Waals surface area contributed by atoms with Crippen LogP contribution >= 0.6 is 0 Å². The molecule has 0 amide bonds. The molecule has 0 aliphatic carbocycles. The molecule has 5 heteroatoms. The summed E-state index contributed by atoms with van der Waals surface area (Å²) >= 11 is 0. The van der Waals surface area contributed by atoms with Crippen LogP contribution in [0.4, 0.5) is 0 Å². The fourth-order valence-corrected chi connectivity index (χ4v) is 1.53. The molecular weight excluding hydrogens is 226 g/mol. The summed E-state index contributed by atoms with van der Waals surface area (Å²) < 4.78 is 0. The maximum absolute atomic E-state index is 5.82. The molecule has 0 aromatic heterocycles. The van der Waals surface area contributed by atoms with Gasteiger partial charge in [-0.05, 0) is 19.4 Å². The largest absolute Gasteiger partial charge is 0.369 e. The van der Waals surface area contributed by atoms with Gasteiger partial charge in [-0.25, -0.2) is 4.99 Å². The average Bonchev–Trinajstić information content (AvgIpc) is 2.39. The zero-order valence-electron chi connectivity index (χ0n) is 11.0. The van der Waals surface area contributed by atoms with Gasteiger partial charge in [0.1, 0.15) is 0 Å². The summed E-state index contributed by atoms with van der Waals surface area (Å²) in [6.07, 6.45) is 0. The second kappa shape index (κ2) is 7.32. The standard InChI is InChI=1S/C13H21N5/c1-3-18(4-2)13(15)17-12(14)16-10-11-8-6-5-7-9-11/h5-9H,3-4,10H2,1-2H3,(H4,14,15,16,17). The highest BCUT2D eigenvalue weighted by molar-refractivity contribution is 5.93. The molecule has 98 valence electrons. The second-order valence-electron chi connectivity index (χ2n) is 3.80. The Hall–Kier alpha value is -2.04. The lowest BCUT2D eigenvalue weighted by molar-refractivity contribution is 0.461. The van der Waals surface area contributed by atoms with E-state index in [1.807, 2.05) is 49.1 Å². The number of hydrogen-bond donors (Lipinski definition) is 2. The Morgan fingerprint density at radius 2 is 1.72 bits per heavy atom. The van der Waals surface area contributed by atoms with Crippen molar-refractivity contribution >= 4 is 11.9 Å². The van der Waals surface area contributed by atoms with Crippen LogP contribution in [0, 0.1) is 0 Å². The third-order valence-electron chi connectivity index (χ3n) is 2.58. The minimum atomic E-state index is 0.211. The molecule has 1 aromatic rings. The molecule has 0 unspecified atom stereocenters. The third kappa shape index (κ3) is 4.45. The Balaban J connectivity index is 2.64. The highest BCUT2D eigenvalue weighted by atomic mass is 15.3. The summed E-state index contributed by atoms with van der Waals surface area (Å²) in [6, 6.07) is 9.89. The van der Waals surface area contributed by atoms with E-state index < -0.39 is 0 Å². The quantitative estimate of drug-likeness (QED) is 0.619. The van der Waals surface area contributed by atoms with Crippen LogP contribution in [-0.2, 0) is 6.54 Å². The van der Waals surface area contributed by atoms with Crippen molar-refractivity contribution in [3.8, 4) is 0 Å². The predicted octanol–water partition coefficient (Wildman–Crippen LogP) is 1.16. The Morgan fingerprint density at radius 3 is 2.28 bits per heavy atom. The first-order valence-corrected chi connectivity index (χ1v) is 6.10. The highest BCUT2D eigenvalue weighted by Crippen LogP contribution is 2.00. The molecule has 0 atom stereocenters. The van der Waals surface area contributed by atoms with Crippen molar-refractivity contribution in [2.24, 2.45) is 21.5 Å². The molecule has 0 fully saturated rings. The Morgan fingerprint density at radius 1 is 1.11 bits per heavy atom. The number of aliphatic imine (C=N–C) groups is 2. The maximum Gasteiger partial charge on any atom is 0.218 e. The molecule has 1 rings (SSSR count). The van der Waals surface area contributed by atoms with Gasteiger partial charge >= 0.3 is 0 Å². The molecule has 5 nitrogen and oxygen atoms in total. The average molecular weight is 247 g/mol. The van der Waals surface area contributed by atoms with E-state index in [0.717, 1.165) is 18.7 Å². The van der Waals surface area contributed by atoms with E-state index >= 15 is 0 Å². The Kier molecular flexibility index (Phi) is 5.70.